The van der Waals surface area contributed by atoms with Gasteiger partial charge in [-0.25, -0.2) is 0 Å². The summed E-state index contributed by atoms with van der Waals surface area (Å²) in [7, 11) is 3.29. The van der Waals surface area contributed by atoms with Gasteiger partial charge < -0.3 is 19.9 Å². The van der Waals surface area contributed by atoms with Crippen molar-refractivity contribution >= 4 is 0 Å². The van der Waals surface area contributed by atoms with E-state index in [1.807, 2.05) is 12.1 Å². The third kappa shape index (κ3) is 5.02. The molecule has 0 bridgehead atoms. The van der Waals surface area contributed by atoms with Crippen LogP contribution in [0.1, 0.15) is 38.8 Å². The highest BCUT2D eigenvalue weighted by Crippen LogP contribution is 2.29. The molecule has 114 valence electrons. The van der Waals surface area contributed by atoms with Crippen molar-refractivity contribution < 1.29 is 14.6 Å². The number of benzene rings is 1. The minimum Gasteiger partial charge on any atom is -0.504 e. The molecule has 0 aliphatic rings. The van der Waals surface area contributed by atoms with Gasteiger partial charge in [0.05, 0.1) is 7.11 Å². The molecule has 0 spiro atoms. The number of phenolic OH excluding ortho intramolecular Hbond substituents is 1. The van der Waals surface area contributed by atoms with Crippen molar-refractivity contribution in [2.45, 2.75) is 33.2 Å². The van der Waals surface area contributed by atoms with Gasteiger partial charge in [0.1, 0.15) is 0 Å². The van der Waals surface area contributed by atoms with Crippen LogP contribution in [0.4, 0.5) is 0 Å². The molecule has 4 heteroatoms. The lowest BCUT2D eigenvalue weighted by Gasteiger charge is -2.27. The van der Waals surface area contributed by atoms with E-state index < -0.39 is 0 Å². The van der Waals surface area contributed by atoms with Crippen LogP contribution in [-0.2, 0) is 4.74 Å². The first-order valence-electron chi connectivity index (χ1n) is 6.99. The number of hydrogen-bond donors (Lipinski definition) is 2. The predicted octanol–water partition coefficient (Wildman–Crippen LogP) is 3.11. The van der Waals surface area contributed by atoms with Crippen molar-refractivity contribution in [2.24, 2.45) is 5.41 Å². The highest BCUT2D eigenvalue weighted by Gasteiger charge is 2.19. The Labute approximate surface area is 122 Å². The maximum atomic E-state index is 9.61. The summed E-state index contributed by atoms with van der Waals surface area (Å²) >= 11 is 0. The molecule has 1 unspecified atom stereocenters. The summed E-state index contributed by atoms with van der Waals surface area (Å²) < 4.78 is 10.3. The summed E-state index contributed by atoms with van der Waals surface area (Å²) in [6, 6.07) is 5.65. The van der Waals surface area contributed by atoms with Crippen molar-refractivity contribution in [2.75, 3.05) is 27.4 Å². The Kier molecular flexibility index (Phi) is 6.30. The molecule has 0 aliphatic heterocycles. The molecule has 0 radical (unpaired) electrons. The summed E-state index contributed by atoms with van der Waals surface area (Å²) in [5, 5.41) is 13.1. The Morgan fingerprint density at radius 3 is 2.60 bits per heavy atom. The lowest BCUT2D eigenvalue weighted by atomic mass is 9.89. The monoisotopic (exact) mass is 281 g/mol. The molecule has 20 heavy (non-hydrogen) atoms. The van der Waals surface area contributed by atoms with Gasteiger partial charge in [0.15, 0.2) is 11.5 Å². The normalized spacial score (nSPS) is 13.2. The van der Waals surface area contributed by atoms with Gasteiger partial charge in [0.25, 0.3) is 0 Å². The van der Waals surface area contributed by atoms with Crippen LogP contribution in [0.5, 0.6) is 11.5 Å². The van der Waals surface area contributed by atoms with E-state index in [0.717, 1.165) is 25.1 Å². The van der Waals surface area contributed by atoms with E-state index in [2.05, 4.69) is 26.1 Å². The lowest BCUT2D eigenvalue weighted by molar-refractivity contribution is 0.149. The van der Waals surface area contributed by atoms with E-state index in [1.54, 1.807) is 20.3 Å². The number of hydrogen-bond acceptors (Lipinski definition) is 4. The molecule has 1 aromatic carbocycles. The van der Waals surface area contributed by atoms with E-state index in [4.69, 9.17) is 9.47 Å². The molecule has 4 nitrogen and oxygen atoms in total. The highest BCUT2D eigenvalue weighted by molar-refractivity contribution is 5.42. The van der Waals surface area contributed by atoms with Gasteiger partial charge in [-0.15, -0.1) is 0 Å². The second-order valence-corrected chi connectivity index (χ2v) is 5.94. The van der Waals surface area contributed by atoms with Crippen molar-refractivity contribution in [3.8, 4) is 11.5 Å². The quantitative estimate of drug-likeness (QED) is 0.768. The van der Waals surface area contributed by atoms with Gasteiger partial charge in [-0.2, -0.15) is 0 Å². The van der Waals surface area contributed by atoms with Gasteiger partial charge in [-0.1, -0.05) is 19.9 Å². The van der Waals surface area contributed by atoms with Crippen LogP contribution in [0.15, 0.2) is 18.2 Å². The summed E-state index contributed by atoms with van der Waals surface area (Å²) in [6.07, 6.45) is 1.02. The average Bonchev–Trinajstić information content (AvgIpc) is 2.43. The number of aromatic hydroxyl groups is 1. The zero-order chi connectivity index (χ0) is 15.2. The first-order chi connectivity index (χ1) is 9.39. The van der Waals surface area contributed by atoms with E-state index in [1.165, 1.54) is 0 Å². The number of nitrogens with one attached hydrogen (secondary N) is 1. The second-order valence-electron chi connectivity index (χ2n) is 5.94. The topological polar surface area (TPSA) is 50.7 Å². The number of phenols is 1. The van der Waals surface area contributed by atoms with Gasteiger partial charge in [0.2, 0.25) is 0 Å². The van der Waals surface area contributed by atoms with Crippen LogP contribution in [0.25, 0.3) is 0 Å². The summed E-state index contributed by atoms with van der Waals surface area (Å²) in [5.74, 6) is 0.679. The van der Waals surface area contributed by atoms with E-state index in [0.29, 0.717) is 5.75 Å². The number of ether oxygens (including phenoxy) is 2. The van der Waals surface area contributed by atoms with Gasteiger partial charge in [-0.3, -0.25) is 0 Å². The number of rotatable bonds is 8. The Morgan fingerprint density at radius 2 is 2.00 bits per heavy atom. The smallest absolute Gasteiger partial charge is 0.160 e. The maximum Gasteiger partial charge on any atom is 0.160 e. The van der Waals surface area contributed by atoms with Crippen LogP contribution in [0.3, 0.4) is 0 Å². The van der Waals surface area contributed by atoms with Crippen LogP contribution in [-0.4, -0.2) is 32.5 Å². The standard InChI is InChI=1S/C16H27NO3/c1-12(17-11-16(2,3)8-9-19-4)13-6-7-14(18)15(10-13)20-5/h6-7,10,12,17-18H,8-9,11H2,1-5H3. The fraction of sp³-hybridized carbons (Fsp3) is 0.625. The second kappa shape index (κ2) is 7.50. The molecule has 2 N–H and O–H groups in total. The molecule has 0 saturated heterocycles. The molecular weight excluding hydrogens is 254 g/mol. The van der Waals surface area contributed by atoms with Crippen LogP contribution in [0, 0.1) is 5.41 Å². The SMILES string of the molecule is COCCC(C)(C)CNC(C)c1ccc(O)c(OC)c1. The molecule has 1 atom stereocenters. The van der Waals surface area contributed by atoms with Crippen molar-refractivity contribution in [3.05, 3.63) is 23.8 Å². The molecule has 0 heterocycles. The van der Waals surface area contributed by atoms with E-state index >= 15 is 0 Å². The first kappa shape index (κ1) is 16.8. The fourth-order valence-corrected chi connectivity index (χ4v) is 1.98. The van der Waals surface area contributed by atoms with Crippen molar-refractivity contribution in [1.29, 1.82) is 0 Å². The van der Waals surface area contributed by atoms with E-state index in [9.17, 15) is 5.11 Å². The first-order valence-corrected chi connectivity index (χ1v) is 6.99. The zero-order valence-corrected chi connectivity index (χ0v) is 13.2. The maximum absolute atomic E-state index is 9.61. The molecule has 0 aromatic heterocycles. The lowest BCUT2D eigenvalue weighted by Crippen LogP contribution is -2.32. The minimum absolute atomic E-state index is 0.170. The Morgan fingerprint density at radius 1 is 1.30 bits per heavy atom. The molecule has 0 fully saturated rings. The average molecular weight is 281 g/mol. The molecular formula is C16H27NO3. The molecule has 0 aliphatic carbocycles. The van der Waals surface area contributed by atoms with Gasteiger partial charge in [0, 0.05) is 26.3 Å². The largest absolute Gasteiger partial charge is 0.504 e. The predicted molar refractivity (Wildman–Crippen MR) is 81.4 cm³/mol. The van der Waals surface area contributed by atoms with Gasteiger partial charge in [-0.05, 0) is 36.5 Å². The van der Waals surface area contributed by atoms with Crippen LogP contribution in [0.2, 0.25) is 0 Å². The highest BCUT2D eigenvalue weighted by atomic mass is 16.5. The third-order valence-corrected chi connectivity index (χ3v) is 3.57. The third-order valence-electron chi connectivity index (χ3n) is 3.57. The molecule has 0 amide bonds. The molecule has 0 saturated carbocycles. The Balaban J connectivity index is 2.60. The molecule has 1 rings (SSSR count). The van der Waals surface area contributed by atoms with Crippen molar-refractivity contribution in [3.63, 3.8) is 0 Å². The summed E-state index contributed by atoms with van der Waals surface area (Å²) in [6.45, 7) is 8.24. The minimum atomic E-state index is 0.170. The van der Waals surface area contributed by atoms with Crippen LogP contribution >= 0.6 is 0 Å². The zero-order valence-electron chi connectivity index (χ0n) is 13.2. The summed E-state index contributed by atoms with van der Waals surface area (Å²) in [4.78, 5) is 0. The summed E-state index contributed by atoms with van der Waals surface area (Å²) in [5.41, 5.74) is 1.29. The van der Waals surface area contributed by atoms with Crippen LogP contribution < -0.4 is 10.1 Å². The molecule has 1 aromatic rings. The van der Waals surface area contributed by atoms with Gasteiger partial charge >= 0.3 is 0 Å². The fourth-order valence-electron chi connectivity index (χ4n) is 1.98. The van der Waals surface area contributed by atoms with E-state index in [-0.39, 0.29) is 17.2 Å². The Bertz CT molecular complexity index is 418. The number of methoxy groups -OCH3 is 2. The Hall–Kier alpha value is -1.26. The van der Waals surface area contributed by atoms with Crippen molar-refractivity contribution in [1.82, 2.24) is 5.32 Å².